The highest BCUT2D eigenvalue weighted by atomic mass is 16.4. The molecule has 1 aliphatic carbocycles. The van der Waals surface area contributed by atoms with Crippen molar-refractivity contribution in [2.45, 2.75) is 65.8 Å². The lowest BCUT2D eigenvalue weighted by molar-refractivity contribution is 0.0599. The van der Waals surface area contributed by atoms with E-state index in [9.17, 15) is 4.79 Å². The molecule has 2 heterocycles. The summed E-state index contributed by atoms with van der Waals surface area (Å²) in [6, 6.07) is 0.240. The van der Waals surface area contributed by atoms with Crippen LogP contribution >= 0.6 is 0 Å². The Morgan fingerprint density at radius 3 is 2.65 bits per heavy atom. The first-order valence-corrected chi connectivity index (χ1v) is 9.28. The molecule has 7 heteroatoms. The number of fused-ring (bicyclic) bond motifs is 1. The largest absolute Gasteiger partial charge is 0.455 e. The number of guanidine groups is 1. The van der Waals surface area contributed by atoms with Crippen LogP contribution in [0.1, 0.15) is 73.9 Å². The van der Waals surface area contributed by atoms with E-state index >= 15 is 0 Å². The van der Waals surface area contributed by atoms with Crippen LogP contribution in [0, 0.1) is 12.3 Å². The SMILES string of the molecule is Cc1c(C(=O)N2CCCCC2C)oc2c1/C(=N\N=C(N)N)CC(C)(C)C2. The Hall–Kier alpha value is -2.31. The minimum Gasteiger partial charge on any atom is -0.455 e. The number of carbonyl (C=O) groups is 1. The molecule has 2 aliphatic rings. The molecule has 142 valence electrons. The molecule has 7 nitrogen and oxygen atoms in total. The van der Waals surface area contributed by atoms with Gasteiger partial charge in [-0.1, -0.05) is 13.8 Å². The summed E-state index contributed by atoms with van der Waals surface area (Å²) in [5.41, 5.74) is 13.3. The van der Waals surface area contributed by atoms with E-state index in [2.05, 4.69) is 31.0 Å². The summed E-state index contributed by atoms with van der Waals surface area (Å²) < 4.78 is 6.09. The number of hydrogen-bond donors (Lipinski definition) is 2. The first-order chi connectivity index (χ1) is 12.2. The second-order valence-electron chi connectivity index (χ2n) is 8.29. The van der Waals surface area contributed by atoms with Crippen molar-refractivity contribution in [3.05, 3.63) is 22.6 Å². The molecule has 3 rings (SSSR count). The molecule has 4 N–H and O–H groups in total. The van der Waals surface area contributed by atoms with Crippen molar-refractivity contribution in [1.29, 1.82) is 0 Å². The van der Waals surface area contributed by atoms with Gasteiger partial charge >= 0.3 is 0 Å². The number of carbonyl (C=O) groups excluding carboxylic acids is 1. The van der Waals surface area contributed by atoms with E-state index in [1.165, 1.54) is 6.42 Å². The van der Waals surface area contributed by atoms with Gasteiger partial charge in [0.25, 0.3) is 5.91 Å². The minimum atomic E-state index is -0.0815. The van der Waals surface area contributed by atoms with Gasteiger partial charge in [0, 0.05) is 30.1 Å². The lowest BCUT2D eigenvalue weighted by Gasteiger charge is -2.32. The quantitative estimate of drug-likeness (QED) is 0.480. The monoisotopic (exact) mass is 359 g/mol. The number of piperidine rings is 1. The number of hydrogen-bond acceptors (Lipinski definition) is 4. The summed E-state index contributed by atoms with van der Waals surface area (Å²) in [6.45, 7) is 9.10. The van der Waals surface area contributed by atoms with Crippen molar-refractivity contribution in [1.82, 2.24) is 4.90 Å². The Bertz CT molecular complexity index is 771. The van der Waals surface area contributed by atoms with Gasteiger partial charge in [-0.25, -0.2) is 0 Å². The van der Waals surface area contributed by atoms with Crippen molar-refractivity contribution < 1.29 is 9.21 Å². The Balaban J connectivity index is 2.03. The molecular formula is C19H29N5O2. The highest BCUT2D eigenvalue weighted by Crippen LogP contribution is 2.39. The van der Waals surface area contributed by atoms with Crippen molar-refractivity contribution in [3.63, 3.8) is 0 Å². The molecule has 0 spiro atoms. The number of rotatable bonds is 2. The first kappa shape index (κ1) is 18.5. The maximum Gasteiger partial charge on any atom is 0.290 e. The predicted octanol–water partition coefficient (Wildman–Crippen LogP) is 2.55. The molecule has 1 aliphatic heterocycles. The van der Waals surface area contributed by atoms with Gasteiger partial charge in [0.15, 0.2) is 5.76 Å². The molecule has 0 saturated carbocycles. The highest BCUT2D eigenvalue weighted by Gasteiger charge is 2.37. The first-order valence-electron chi connectivity index (χ1n) is 9.28. The molecule has 26 heavy (non-hydrogen) atoms. The van der Waals surface area contributed by atoms with Crippen molar-refractivity contribution in [2.24, 2.45) is 27.1 Å². The molecule has 0 bridgehead atoms. The number of nitrogens with zero attached hydrogens (tertiary/aromatic N) is 3. The second kappa shape index (κ2) is 6.78. The third kappa shape index (κ3) is 3.48. The van der Waals surface area contributed by atoms with Crippen molar-refractivity contribution >= 4 is 17.6 Å². The molecule has 1 unspecified atom stereocenters. The normalized spacial score (nSPS) is 23.6. The van der Waals surface area contributed by atoms with Gasteiger partial charge in [-0.15, -0.1) is 5.10 Å². The average molecular weight is 359 g/mol. The molecule has 1 aromatic heterocycles. The second-order valence-corrected chi connectivity index (χ2v) is 8.29. The predicted molar refractivity (Wildman–Crippen MR) is 102 cm³/mol. The number of nitrogens with two attached hydrogens (primary N) is 2. The highest BCUT2D eigenvalue weighted by molar-refractivity contribution is 6.07. The smallest absolute Gasteiger partial charge is 0.290 e. The molecule has 0 radical (unpaired) electrons. The van der Waals surface area contributed by atoms with Gasteiger partial charge < -0.3 is 20.8 Å². The van der Waals surface area contributed by atoms with E-state index in [1.54, 1.807) is 0 Å². The van der Waals surface area contributed by atoms with Crippen LogP contribution in [0.5, 0.6) is 0 Å². The third-order valence-electron chi connectivity index (χ3n) is 5.34. The summed E-state index contributed by atoms with van der Waals surface area (Å²) >= 11 is 0. The van der Waals surface area contributed by atoms with E-state index in [1.807, 2.05) is 11.8 Å². The molecule has 1 amide bonds. The Kier molecular flexibility index (Phi) is 4.82. The van der Waals surface area contributed by atoms with E-state index in [4.69, 9.17) is 15.9 Å². The molecule has 1 atom stereocenters. The summed E-state index contributed by atoms with van der Waals surface area (Å²) in [5, 5.41) is 8.08. The molecule has 1 fully saturated rings. The zero-order chi connectivity index (χ0) is 19.1. The van der Waals surface area contributed by atoms with Gasteiger partial charge in [-0.05, 0) is 44.9 Å². The van der Waals surface area contributed by atoms with Crippen LogP contribution in [-0.4, -0.2) is 35.1 Å². The van der Waals surface area contributed by atoms with E-state index < -0.39 is 0 Å². The topological polar surface area (TPSA) is 110 Å². The van der Waals surface area contributed by atoms with Crippen molar-refractivity contribution in [3.8, 4) is 0 Å². The Labute approximate surface area is 154 Å². The summed E-state index contributed by atoms with van der Waals surface area (Å²) in [4.78, 5) is 15.0. The number of likely N-dealkylation sites (tertiary alicyclic amines) is 1. The average Bonchev–Trinajstić information content (AvgIpc) is 2.87. The van der Waals surface area contributed by atoms with Crippen LogP contribution in [0.25, 0.3) is 0 Å². The number of furan rings is 1. The van der Waals surface area contributed by atoms with Crippen LogP contribution in [0.3, 0.4) is 0 Å². The van der Waals surface area contributed by atoms with Gasteiger partial charge in [0.1, 0.15) is 5.76 Å². The lowest BCUT2D eigenvalue weighted by atomic mass is 9.75. The van der Waals surface area contributed by atoms with Gasteiger partial charge in [-0.2, -0.15) is 5.10 Å². The van der Waals surface area contributed by atoms with Gasteiger partial charge in [-0.3, -0.25) is 4.79 Å². The Morgan fingerprint density at radius 1 is 1.27 bits per heavy atom. The summed E-state index contributed by atoms with van der Waals surface area (Å²) in [7, 11) is 0. The van der Waals surface area contributed by atoms with Crippen LogP contribution in [0.2, 0.25) is 0 Å². The third-order valence-corrected chi connectivity index (χ3v) is 5.34. The van der Waals surface area contributed by atoms with Crippen molar-refractivity contribution in [2.75, 3.05) is 6.54 Å². The zero-order valence-corrected chi connectivity index (χ0v) is 16.1. The lowest BCUT2D eigenvalue weighted by Crippen LogP contribution is -2.42. The van der Waals surface area contributed by atoms with Gasteiger partial charge in [0.05, 0.1) is 5.71 Å². The van der Waals surface area contributed by atoms with E-state index in [0.717, 1.165) is 54.8 Å². The Morgan fingerprint density at radius 2 is 2.00 bits per heavy atom. The fraction of sp³-hybridized carbons (Fsp3) is 0.632. The maximum atomic E-state index is 13.1. The van der Waals surface area contributed by atoms with Crippen LogP contribution < -0.4 is 11.5 Å². The fourth-order valence-electron chi connectivity index (χ4n) is 4.05. The van der Waals surface area contributed by atoms with Crippen LogP contribution in [0.15, 0.2) is 14.6 Å². The molecule has 1 saturated heterocycles. The van der Waals surface area contributed by atoms with Gasteiger partial charge in [0.2, 0.25) is 5.96 Å². The zero-order valence-electron chi connectivity index (χ0n) is 16.1. The van der Waals surface area contributed by atoms with E-state index in [-0.39, 0.29) is 23.3 Å². The minimum absolute atomic E-state index is 0.0249. The fourth-order valence-corrected chi connectivity index (χ4v) is 4.05. The van der Waals surface area contributed by atoms with Crippen LogP contribution in [0.4, 0.5) is 0 Å². The van der Waals surface area contributed by atoms with E-state index in [0.29, 0.717) is 5.76 Å². The summed E-state index contributed by atoms with van der Waals surface area (Å²) in [6.07, 6.45) is 4.73. The molecular weight excluding hydrogens is 330 g/mol. The molecule has 1 aromatic rings. The standard InChI is InChI=1S/C19H29N5O2/c1-11-7-5-6-8-24(11)17(25)16-12(2)15-13(22-23-18(20)21)9-19(3,4)10-14(15)26-16/h11H,5-10H2,1-4H3,(H4,20,21,23)/b22-13-. The number of amides is 1. The molecule has 0 aromatic carbocycles. The van der Waals surface area contributed by atoms with Crippen LogP contribution in [-0.2, 0) is 6.42 Å². The maximum absolute atomic E-state index is 13.1. The summed E-state index contributed by atoms with van der Waals surface area (Å²) in [5.74, 6) is 1.13.